The molecule has 16 heavy (non-hydrogen) atoms. The molecule has 0 spiro atoms. The Morgan fingerprint density at radius 3 is 2.88 bits per heavy atom. The average molecular weight is 277 g/mol. The summed E-state index contributed by atoms with van der Waals surface area (Å²) < 4.78 is 1.16. The van der Waals surface area contributed by atoms with Crippen LogP contribution in [0, 0.1) is 35.5 Å². The molecule has 0 radical (unpaired) electrons. The Morgan fingerprint density at radius 2 is 2.19 bits per heavy atom. The summed E-state index contributed by atoms with van der Waals surface area (Å²) in [6.07, 6.45) is 7.99. The molecule has 80 valence electrons. The monoisotopic (exact) mass is 278 g/mol. The average Bonchev–Trinajstić information content (AvgIpc) is 2.88. The molecule has 0 aliphatic heterocycles. The van der Waals surface area contributed by atoms with Gasteiger partial charge >= 0.3 is 102 Å². The molecule has 0 amide bonds. The molecule has 2 unspecified atom stereocenters. The minimum atomic E-state index is -1.06. The summed E-state index contributed by atoms with van der Waals surface area (Å²) in [4.78, 5) is 10.4. The normalized spacial score (nSPS) is 38.0. The van der Waals surface area contributed by atoms with Crippen molar-refractivity contribution in [2.24, 2.45) is 23.7 Å². The van der Waals surface area contributed by atoms with E-state index in [1.807, 2.05) is 0 Å². The summed E-state index contributed by atoms with van der Waals surface area (Å²) in [6, 6.07) is 0. The van der Waals surface area contributed by atoms with E-state index in [4.69, 9.17) is 5.11 Å². The van der Waals surface area contributed by atoms with Crippen LogP contribution in [-0.2, 0) is 4.79 Å². The van der Waals surface area contributed by atoms with Crippen molar-refractivity contribution in [1.29, 1.82) is 0 Å². The molecule has 3 rings (SSSR count). The van der Waals surface area contributed by atoms with Gasteiger partial charge in [-0.05, 0) is 0 Å². The molecule has 3 aliphatic rings. The Balaban J connectivity index is 1.91. The van der Waals surface area contributed by atoms with Crippen LogP contribution in [0.2, 0.25) is 0 Å². The predicted octanol–water partition coefficient (Wildman–Crippen LogP) is 0.794. The summed E-state index contributed by atoms with van der Waals surface area (Å²) in [5.74, 6) is 6.23. The SMILES string of the molecule is O=C(O)C#CC1=C[C@@H]2C3C=CC(C3)[C@@H]2C1=[Se]. The maximum absolute atomic E-state index is 10.4. The first-order valence-electron chi connectivity index (χ1n) is 5.36. The van der Waals surface area contributed by atoms with Crippen molar-refractivity contribution < 1.29 is 9.90 Å². The van der Waals surface area contributed by atoms with Crippen LogP contribution in [0.3, 0.4) is 0 Å². The van der Waals surface area contributed by atoms with Crippen molar-refractivity contribution in [3.8, 4) is 11.8 Å². The number of allylic oxidation sites excluding steroid dienone is 4. The minimum absolute atomic E-state index is 0.535. The number of hydrogen-bond acceptors (Lipinski definition) is 1. The molecule has 0 heterocycles. The van der Waals surface area contributed by atoms with Gasteiger partial charge in [-0.3, -0.25) is 0 Å². The summed E-state index contributed by atoms with van der Waals surface area (Å²) in [5.41, 5.74) is 0.899. The molecule has 1 N–H and O–H groups in total. The second-order valence-corrected chi connectivity index (χ2v) is 5.47. The van der Waals surface area contributed by atoms with Gasteiger partial charge in [-0.1, -0.05) is 0 Å². The topological polar surface area (TPSA) is 37.3 Å². The van der Waals surface area contributed by atoms with Gasteiger partial charge in [0, 0.05) is 0 Å². The van der Waals surface area contributed by atoms with Crippen LogP contribution in [0.1, 0.15) is 6.42 Å². The third-order valence-electron chi connectivity index (χ3n) is 3.75. The number of hydrogen-bond donors (Lipinski definition) is 1. The number of carbonyl (C=O) groups is 1. The molecule has 4 atom stereocenters. The molecular formula is C13H10O2Se. The van der Waals surface area contributed by atoms with Gasteiger partial charge in [-0.15, -0.1) is 0 Å². The molecule has 3 aliphatic carbocycles. The molecular weight excluding hydrogens is 267 g/mol. The zero-order chi connectivity index (χ0) is 11.3. The van der Waals surface area contributed by atoms with E-state index in [1.54, 1.807) is 0 Å². The van der Waals surface area contributed by atoms with Gasteiger partial charge in [-0.2, -0.15) is 0 Å². The Labute approximate surface area is 102 Å². The zero-order valence-corrected chi connectivity index (χ0v) is 10.2. The molecule has 2 bridgehead atoms. The summed E-state index contributed by atoms with van der Waals surface area (Å²) in [5, 5.41) is 8.55. The summed E-state index contributed by atoms with van der Waals surface area (Å²) >= 11 is 3.09. The molecule has 1 saturated carbocycles. The van der Waals surface area contributed by atoms with Crippen molar-refractivity contribution in [1.82, 2.24) is 0 Å². The van der Waals surface area contributed by atoms with Crippen molar-refractivity contribution >= 4 is 26.0 Å². The quantitative estimate of drug-likeness (QED) is 0.404. The fourth-order valence-corrected chi connectivity index (χ4v) is 4.08. The van der Waals surface area contributed by atoms with Crippen LogP contribution >= 0.6 is 0 Å². The Hall–Kier alpha value is -1.10. The number of rotatable bonds is 0. The number of aliphatic carboxylic acids is 1. The van der Waals surface area contributed by atoms with Gasteiger partial charge in [0.1, 0.15) is 0 Å². The number of fused-ring (bicyclic) bond motifs is 5. The molecule has 2 nitrogen and oxygen atoms in total. The van der Waals surface area contributed by atoms with E-state index >= 15 is 0 Å². The fourth-order valence-electron chi connectivity index (χ4n) is 3.14. The Kier molecular flexibility index (Phi) is 2.17. The van der Waals surface area contributed by atoms with Gasteiger partial charge in [0.05, 0.1) is 0 Å². The molecule has 0 aromatic heterocycles. The number of carboxylic acid groups (broad SMARTS) is 1. The summed E-state index contributed by atoms with van der Waals surface area (Å²) in [6.45, 7) is 0. The maximum atomic E-state index is 10.4. The third kappa shape index (κ3) is 1.34. The zero-order valence-electron chi connectivity index (χ0n) is 8.51. The van der Waals surface area contributed by atoms with Crippen molar-refractivity contribution in [3.63, 3.8) is 0 Å². The number of carboxylic acids is 1. The van der Waals surface area contributed by atoms with Crippen molar-refractivity contribution in [3.05, 3.63) is 23.8 Å². The van der Waals surface area contributed by atoms with Crippen molar-refractivity contribution in [2.45, 2.75) is 6.42 Å². The van der Waals surface area contributed by atoms with E-state index in [-0.39, 0.29) is 0 Å². The molecule has 0 aromatic carbocycles. The second kappa shape index (κ2) is 3.45. The van der Waals surface area contributed by atoms with Crippen LogP contribution in [-0.4, -0.2) is 31.1 Å². The van der Waals surface area contributed by atoms with Crippen LogP contribution in [0.25, 0.3) is 0 Å². The van der Waals surface area contributed by atoms with Gasteiger partial charge in [0.2, 0.25) is 0 Å². The van der Waals surface area contributed by atoms with Gasteiger partial charge in [0.25, 0.3) is 0 Å². The summed E-state index contributed by atoms with van der Waals surface area (Å²) in [7, 11) is 0. The van der Waals surface area contributed by atoms with Gasteiger partial charge in [-0.25, -0.2) is 0 Å². The van der Waals surface area contributed by atoms with Crippen LogP contribution in [0.15, 0.2) is 23.8 Å². The van der Waals surface area contributed by atoms with Crippen molar-refractivity contribution in [2.75, 3.05) is 0 Å². The van der Waals surface area contributed by atoms with Gasteiger partial charge in [0.15, 0.2) is 0 Å². The van der Waals surface area contributed by atoms with Gasteiger partial charge < -0.3 is 0 Å². The van der Waals surface area contributed by atoms with Crippen LogP contribution < -0.4 is 0 Å². The Bertz CT molecular complexity index is 504. The first-order chi connectivity index (χ1) is 7.66. The second-order valence-electron chi connectivity index (χ2n) is 4.55. The first-order valence-corrected chi connectivity index (χ1v) is 6.22. The van der Waals surface area contributed by atoms with Crippen LogP contribution in [0.5, 0.6) is 0 Å². The van der Waals surface area contributed by atoms with E-state index in [1.165, 1.54) is 6.42 Å². The van der Waals surface area contributed by atoms with E-state index in [0.29, 0.717) is 23.7 Å². The molecule has 0 saturated heterocycles. The van der Waals surface area contributed by atoms with E-state index < -0.39 is 5.97 Å². The third-order valence-corrected chi connectivity index (χ3v) is 4.78. The predicted molar refractivity (Wildman–Crippen MR) is 62.0 cm³/mol. The fraction of sp³-hybridized carbons (Fsp3) is 0.385. The molecule has 3 heteroatoms. The standard InChI is InChI=1S/C13H10O2Se/c14-11(15)4-3-9-6-10-7-1-2-8(5-7)12(10)13(9)16/h1-2,6-8,10,12H,5H2,(H,14,15)/t7?,8?,10-,12+/m1/s1. The molecule has 1 fully saturated rings. The van der Waals surface area contributed by atoms with E-state index in [0.717, 1.165) is 9.99 Å². The van der Waals surface area contributed by atoms with E-state index in [9.17, 15) is 4.79 Å². The first kappa shape index (κ1) is 10.1. The Morgan fingerprint density at radius 1 is 1.44 bits per heavy atom. The van der Waals surface area contributed by atoms with E-state index in [2.05, 4.69) is 45.6 Å². The molecule has 0 aromatic rings. The van der Waals surface area contributed by atoms with Crippen LogP contribution in [0.4, 0.5) is 0 Å².